The molecule has 1 aliphatic rings. The second-order valence-corrected chi connectivity index (χ2v) is 7.95. The summed E-state index contributed by atoms with van der Waals surface area (Å²) >= 11 is 0. The van der Waals surface area contributed by atoms with E-state index in [4.69, 9.17) is 4.98 Å². The van der Waals surface area contributed by atoms with Gasteiger partial charge in [-0.2, -0.15) is 10.2 Å². The standard InChI is InChI=1S/C23H24N8O/c1-29-15-19(13-26-29)21-6-9-24-23(28-21)30-11-7-20(16-30)27-22(32)18-5-2-4-17(12-18)14-31-10-3-8-25-31/h2-6,8-10,12-13,15,20H,7,11,14,16H2,1H3,(H,27,32). The summed E-state index contributed by atoms with van der Waals surface area (Å²) in [6.45, 7) is 2.10. The van der Waals surface area contributed by atoms with Crippen LogP contribution in [0.25, 0.3) is 11.3 Å². The van der Waals surface area contributed by atoms with Crippen LogP contribution in [0.4, 0.5) is 5.95 Å². The van der Waals surface area contributed by atoms with Crippen molar-refractivity contribution in [1.82, 2.24) is 34.8 Å². The fraction of sp³-hybridized carbons (Fsp3) is 0.261. The van der Waals surface area contributed by atoms with Gasteiger partial charge < -0.3 is 10.2 Å². The second kappa shape index (κ2) is 8.62. The van der Waals surface area contributed by atoms with Crippen LogP contribution in [0.1, 0.15) is 22.3 Å². The Hall–Kier alpha value is -4.01. The molecular formula is C23H24N8O. The molecule has 1 N–H and O–H groups in total. The molecule has 1 fully saturated rings. The molecule has 0 bridgehead atoms. The van der Waals surface area contributed by atoms with Gasteiger partial charge in [-0.15, -0.1) is 0 Å². The van der Waals surface area contributed by atoms with E-state index in [1.54, 1.807) is 23.3 Å². The zero-order chi connectivity index (χ0) is 21.9. The molecule has 1 aliphatic heterocycles. The van der Waals surface area contributed by atoms with Gasteiger partial charge in [-0.05, 0) is 36.2 Å². The molecule has 1 unspecified atom stereocenters. The predicted octanol–water partition coefficient (Wildman–Crippen LogP) is 2.13. The van der Waals surface area contributed by atoms with E-state index in [1.807, 2.05) is 60.5 Å². The van der Waals surface area contributed by atoms with Crippen molar-refractivity contribution >= 4 is 11.9 Å². The molecule has 4 heterocycles. The number of amides is 1. The Morgan fingerprint density at radius 3 is 2.94 bits per heavy atom. The SMILES string of the molecule is Cn1cc(-c2ccnc(N3CCC(NC(=O)c4cccc(Cn5cccn5)c4)C3)n2)cn1. The van der Waals surface area contributed by atoms with Gasteiger partial charge in [-0.3, -0.25) is 14.2 Å². The summed E-state index contributed by atoms with van der Waals surface area (Å²) in [7, 11) is 1.88. The maximum Gasteiger partial charge on any atom is 0.251 e. The maximum atomic E-state index is 12.8. The minimum absolute atomic E-state index is 0.0444. The van der Waals surface area contributed by atoms with Gasteiger partial charge in [0.05, 0.1) is 18.4 Å². The molecule has 0 radical (unpaired) electrons. The first-order valence-corrected chi connectivity index (χ1v) is 10.6. The number of benzene rings is 1. The summed E-state index contributed by atoms with van der Waals surface area (Å²) in [5.41, 5.74) is 3.48. The van der Waals surface area contributed by atoms with Crippen molar-refractivity contribution in [1.29, 1.82) is 0 Å². The third-order valence-corrected chi connectivity index (χ3v) is 5.54. The second-order valence-electron chi connectivity index (χ2n) is 7.95. The molecule has 162 valence electrons. The van der Waals surface area contributed by atoms with Crippen LogP contribution in [0.5, 0.6) is 0 Å². The highest BCUT2D eigenvalue weighted by Gasteiger charge is 2.26. The largest absolute Gasteiger partial charge is 0.347 e. The van der Waals surface area contributed by atoms with E-state index in [0.29, 0.717) is 24.6 Å². The number of carbonyl (C=O) groups excluding carboxylic acids is 1. The Morgan fingerprint density at radius 2 is 2.12 bits per heavy atom. The Balaban J connectivity index is 1.22. The smallest absolute Gasteiger partial charge is 0.251 e. The predicted molar refractivity (Wildman–Crippen MR) is 120 cm³/mol. The Labute approximate surface area is 185 Å². The number of nitrogens with one attached hydrogen (secondary N) is 1. The van der Waals surface area contributed by atoms with Crippen LogP contribution in [0.2, 0.25) is 0 Å². The fourth-order valence-corrected chi connectivity index (χ4v) is 3.94. The van der Waals surface area contributed by atoms with E-state index >= 15 is 0 Å². The number of aromatic nitrogens is 6. The van der Waals surface area contributed by atoms with Crippen molar-refractivity contribution in [3.8, 4) is 11.3 Å². The lowest BCUT2D eigenvalue weighted by Crippen LogP contribution is -2.37. The monoisotopic (exact) mass is 428 g/mol. The number of carbonyl (C=O) groups is 1. The van der Waals surface area contributed by atoms with Gasteiger partial charge in [0.2, 0.25) is 5.95 Å². The van der Waals surface area contributed by atoms with E-state index in [-0.39, 0.29) is 11.9 Å². The lowest BCUT2D eigenvalue weighted by molar-refractivity contribution is 0.0940. The summed E-state index contributed by atoms with van der Waals surface area (Å²) in [6, 6.07) is 11.5. The number of nitrogens with zero attached hydrogens (tertiary/aromatic N) is 7. The maximum absolute atomic E-state index is 12.8. The number of hydrogen-bond acceptors (Lipinski definition) is 6. The van der Waals surface area contributed by atoms with Gasteiger partial charge in [-0.25, -0.2) is 9.97 Å². The first-order chi connectivity index (χ1) is 15.6. The van der Waals surface area contributed by atoms with Crippen LogP contribution < -0.4 is 10.2 Å². The zero-order valence-electron chi connectivity index (χ0n) is 17.8. The van der Waals surface area contributed by atoms with Crippen LogP contribution >= 0.6 is 0 Å². The van der Waals surface area contributed by atoms with Gasteiger partial charge in [0.15, 0.2) is 0 Å². The summed E-state index contributed by atoms with van der Waals surface area (Å²) in [5, 5.41) is 11.6. The number of aryl methyl sites for hydroxylation is 1. The summed E-state index contributed by atoms with van der Waals surface area (Å²) in [4.78, 5) is 24.1. The molecule has 0 aliphatic carbocycles. The molecule has 0 saturated carbocycles. The van der Waals surface area contributed by atoms with Crippen molar-refractivity contribution in [2.75, 3.05) is 18.0 Å². The molecule has 3 aromatic heterocycles. The summed E-state index contributed by atoms with van der Waals surface area (Å²) < 4.78 is 3.59. The molecule has 5 rings (SSSR count). The Bertz CT molecular complexity index is 1220. The van der Waals surface area contributed by atoms with Crippen molar-refractivity contribution in [3.05, 3.63) is 78.5 Å². The minimum Gasteiger partial charge on any atom is -0.347 e. The van der Waals surface area contributed by atoms with E-state index in [2.05, 4.69) is 25.4 Å². The first kappa shape index (κ1) is 19.9. The van der Waals surface area contributed by atoms with Crippen LogP contribution in [-0.4, -0.2) is 54.6 Å². The Kier molecular flexibility index (Phi) is 5.37. The first-order valence-electron chi connectivity index (χ1n) is 10.6. The molecule has 9 nitrogen and oxygen atoms in total. The Morgan fingerprint density at radius 1 is 1.19 bits per heavy atom. The highest BCUT2D eigenvalue weighted by Crippen LogP contribution is 2.21. The molecule has 0 spiro atoms. The van der Waals surface area contributed by atoms with Gasteiger partial charge in [0.25, 0.3) is 5.91 Å². The molecule has 1 atom stereocenters. The average molecular weight is 429 g/mol. The quantitative estimate of drug-likeness (QED) is 0.506. The molecular weight excluding hydrogens is 404 g/mol. The molecule has 9 heteroatoms. The topological polar surface area (TPSA) is 93.8 Å². The van der Waals surface area contributed by atoms with Crippen molar-refractivity contribution in [3.63, 3.8) is 0 Å². The molecule has 1 aromatic carbocycles. The van der Waals surface area contributed by atoms with Crippen molar-refractivity contribution < 1.29 is 4.79 Å². The highest BCUT2D eigenvalue weighted by atomic mass is 16.1. The van der Waals surface area contributed by atoms with Gasteiger partial charge in [0.1, 0.15) is 0 Å². The number of hydrogen-bond donors (Lipinski definition) is 1. The normalized spacial score (nSPS) is 15.8. The summed E-state index contributed by atoms with van der Waals surface area (Å²) in [5.74, 6) is 0.605. The van der Waals surface area contributed by atoms with Crippen LogP contribution in [0, 0.1) is 0 Å². The van der Waals surface area contributed by atoms with Gasteiger partial charge in [0, 0.05) is 62.1 Å². The van der Waals surface area contributed by atoms with Crippen LogP contribution in [0.3, 0.4) is 0 Å². The van der Waals surface area contributed by atoms with E-state index in [9.17, 15) is 4.79 Å². The van der Waals surface area contributed by atoms with E-state index in [1.165, 1.54) is 0 Å². The third kappa shape index (κ3) is 4.36. The fourth-order valence-electron chi connectivity index (χ4n) is 3.94. The van der Waals surface area contributed by atoms with Crippen LogP contribution in [-0.2, 0) is 13.6 Å². The third-order valence-electron chi connectivity index (χ3n) is 5.54. The lowest BCUT2D eigenvalue weighted by Gasteiger charge is -2.17. The van der Waals surface area contributed by atoms with E-state index in [0.717, 1.165) is 29.8 Å². The van der Waals surface area contributed by atoms with Crippen molar-refractivity contribution in [2.24, 2.45) is 7.05 Å². The van der Waals surface area contributed by atoms with Gasteiger partial charge in [-0.1, -0.05) is 12.1 Å². The highest BCUT2D eigenvalue weighted by molar-refractivity contribution is 5.94. The minimum atomic E-state index is -0.0656. The number of rotatable bonds is 6. The van der Waals surface area contributed by atoms with E-state index < -0.39 is 0 Å². The summed E-state index contributed by atoms with van der Waals surface area (Å²) in [6.07, 6.45) is 9.99. The lowest BCUT2D eigenvalue weighted by atomic mass is 10.1. The molecule has 1 amide bonds. The number of anilines is 1. The molecule has 4 aromatic rings. The van der Waals surface area contributed by atoms with Crippen molar-refractivity contribution in [2.45, 2.75) is 19.0 Å². The molecule has 32 heavy (non-hydrogen) atoms. The zero-order valence-corrected chi connectivity index (χ0v) is 17.8. The van der Waals surface area contributed by atoms with Gasteiger partial charge >= 0.3 is 0 Å². The average Bonchev–Trinajstić information content (AvgIpc) is 3.57. The molecule has 1 saturated heterocycles. The van der Waals surface area contributed by atoms with Crippen LogP contribution in [0.15, 0.2) is 67.4 Å².